The first kappa shape index (κ1) is 25.6. The largest absolute Gasteiger partial charge is 0.465 e. The predicted octanol–water partition coefficient (Wildman–Crippen LogP) is 2.80. The fraction of sp³-hybridized carbons (Fsp3) is 0.429. The van der Waals surface area contributed by atoms with E-state index in [1.54, 1.807) is 9.80 Å². The number of hydrogen-bond acceptors (Lipinski definition) is 4. The fourth-order valence-electron chi connectivity index (χ4n) is 6.29. The van der Waals surface area contributed by atoms with Crippen molar-refractivity contribution in [2.24, 2.45) is 11.8 Å². The third kappa shape index (κ3) is 5.03. The lowest BCUT2D eigenvalue weighted by Gasteiger charge is -2.41. The minimum atomic E-state index is -1.17. The van der Waals surface area contributed by atoms with Crippen molar-refractivity contribution < 1.29 is 29.4 Å². The van der Waals surface area contributed by atoms with Crippen molar-refractivity contribution in [2.45, 2.75) is 37.8 Å². The number of fused-ring (bicyclic) bond motifs is 2. The zero-order valence-electron chi connectivity index (χ0n) is 21.0. The third-order valence-electron chi connectivity index (χ3n) is 8.13. The van der Waals surface area contributed by atoms with Crippen LogP contribution in [0, 0.1) is 11.8 Å². The molecule has 38 heavy (non-hydrogen) atoms. The molecule has 0 saturated carbocycles. The van der Waals surface area contributed by atoms with Gasteiger partial charge in [-0.3, -0.25) is 9.59 Å². The highest BCUT2D eigenvalue weighted by Gasteiger charge is 2.41. The van der Waals surface area contributed by atoms with E-state index in [0.717, 1.165) is 22.3 Å². The van der Waals surface area contributed by atoms with Crippen molar-refractivity contribution in [2.75, 3.05) is 26.2 Å². The molecule has 3 aliphatic rings. The Morgan fingerprint density at radius 1 is 0.632 bits per heavy atom. The quantitative estimate of drug-likeness (QED) is 0.489. The molecule has 0 bridgehead atoms. The summed E-state index contributed by atoms with van der Waals surface area (Å²) in [6, 6.07) is 14.0. The number of carbonyl (C=O) groups excluding carboxylic acids is 2. The molecule has 4 amide bonds. The number of amides is 4. The number of benzene rings is 2. The number of nitrogens with zero attached hydrogens (tertiary/aromatic N) is 2. The predicted molar refractivity (Wildman–Crippen MR) is 137 cm³/mol. The smallest absolute Gasteiger partial charge is 0.405 e. The Balaban J connectivity index is 1.26. The first-order valence-electron chi connectivity index (χ1n) is 13.1. The van der Waals surface area contributed by atoms with Gasteiger partial charge < -0.3 is 30.6 Å². The molecule has 4 atom stereocenters. The van der Waals surface area contributed by atoms with Crippen LogP contribution in [0.3, 0.4) is 0 Å². The van der Waals surface area contributed by atoms with Crippen LogP contribution in [0.2, 0.25) is 0 Å². The van der Waals surface area contributed by atoms with Gasteiger partial charge in [0.25, 0.3) is 0 Å². The van der Waals surface area contributed by atoms with Gasteiger partial charge in [-0.1, -0.05) is 48.5 Å². The summed E-state index contributed by atoms with van der Waals surface area (Å²) >= 11 is 0. The lowest BCUT2D eigenvalue weighted by molar-refractivity contribution is -0.145. The topological polar surface area (TPSA) is 139 Å². The first-order valence-corrected chi connectivity index (χ1v) is 13.1. The molecule has 10 nitrogen and oxygen atoms in total. The number of hydrogen-bond donors (Lipinski definition) is 4. The standard InChI is InChI=1S/C28H32N4O6/c33-25(21-11-9-17-5-1-3-7-19(17)23(21)29-27(35)36)31-13-15-32(16-14-31)26(34)22-12-10-18-6-2-4-8-20(18)24(22)30-28(37)38/h1-8,21-24,29-30H,9-16H2,(H,35,36)(H,37,38)/t21-,22-,23+,24+/m1/s1. The third-order valence-corrected chi connectivity index (χ3v) is 8.13. The summed E-state index contributed by atoms with van der Waals surface area (Å²) in [5.74, 6) is -1.24. The number of aryl methyl sites for hydroxylation is 2. The highest BCUT2D eigenvalue weighted by atomic mass is 16.4. The van der Waals surface area contributed by atoms with Crippen LogP contribution in [0.1, 0.15) is 47.2 Å². The minimum absolute atomic E-state index is 0.109. The Morgan fingerprint density at radius 2 is 1.00 bits per heavy atom. The van der Waals surface area contributed by atoms with Crippen LogP contribution in [0.15, 0.2) is 48.5 Å². The summed E-state index contributed by atoms with van der Waals surface area (Å²) < 4.78 is 0. The van der Waals surface area contributed by atoms with Crippen molar-refractivity contribution in [1.29, 1.82) is 0 Å². The molecule has 1 fully saturated rings. The molecule has 4 N–H and O–H groups in total. The molecule has 2 aromatic rings. The van der Waals surface area contributed by atoms with Crippen molar-refractivity contribution in [1.82, 2.24) is 20.4 Å². The summed E-state index contributed by atoms with van der Waals surface area (Å²) in [6.45, 7) is 1.40. The van der Waals surface area contributed by atoms with Gasteiger partial charge in [0.05, 0.1) is 23.9 Å². The number of carboxylic acid groups (broad SMARTS) is 2. The van der Waals surface area contributed by atoms with Crippen molar-refractivity contribution in [3.05, 3.63) is 70.8 Å². The number of carbonyl (C=O) groups is 4. The molecule has 1 aliphatic heterocycles. The maximum Gasteiger partial charge on any atom is 0.405 e. The number of rotatable bonds is 4. The van der Waals surface area contributed by atoms with Crippen LogP contribution >= 0.6 is 0 Å². The van der Waals surface area contributed by atoms with E-state index >= 15 is 0 Å². The maximum absolute atomic E-state index is 13.6. The Morgan fingerprint density at radius 3 is 1.37 bits per heavy atom. The average Bonchev–Trinajstić information content (AvgIpc) is 2.92. The summed E-state index contributed by atoms with van der Waals surface area (Å²) in [4.78, 5) is 53.6. The maximum atomic E-state index is 13.6. The van der Waals surface area contributed by atoms with Crippen molar-refractivity contribution >= 4 is 24.0 Å². The van der Waals surface area contributed by atoms with Crippen molar-refractivity contribution in [3.8, 4) is 0 Å². The van der Waals surface area contributed by atoms with Crippen LogP contribution < -0.4 is 10.6 Å². The molecule has 0 aromatic heterocycles. The van der Waals surface area contributed by atoms with E-state index in [-0.39, 0.29) is 11.8 Å². The normalized spacial score (nSPS) is 24.5. The lowest BCUT2D eigenvalue weighted by atomic mass is 9.78. The Bertz CT molecular complexity index is 1150. The SMILES string of the molecule is O=C(O)N[C@H]1c2ccccc2CC[C@H]1C(=O)N1CCN(C(=O)[C@@H]2CCc3ccccc3[C@@H]2NC(=O)O)CC1. The van der Waals surface area contributed by atoms with Gasteiger partial charge in [0.2, 0.25) is 11.8 Å². The first-order chi connectivity index (χ1) is 18.3. The highest BCUT2D eigenvalue weighted by molar-refractivity contribution is 5.83. The van der Waals surface area contributed by atoms with Crippen LogP contribution in [-0.4, -0.2) is 70.2 Å². The molecule has 10 heteroatoms. The van der Waals surface area contributed by atoms with Gasteiger partial charge in [-0.2, -0.15) is 0 Å². The van der Waals surface area contributed by atoms with Gasteiger partial charge in [-0.15, -0.1) is 0 Å². The van der Waals surface area contributed by atoms with E-state index < -0.39 is 36.1 Å². The second-order valence-electron chi connectivity index (χ2n) is 10.2. The van der Waals surface area contributed by atoms with E-state index in [9.17, 15) is 29.4 Å². The van der Waals surface area contributed by atoms with Gasteiger partial charge in [0.15, 0.2) is 0 Å². The molecular weight excluding hydrogens is 488 g/mol. The van der Waals surface area contributed by atoms with E-state index in [1.807, 2.05) is 48.5 Å². The Labute approximate surface area is 220 Å². The van der Waals surface area contributed by atoms with Crippen LogP contribution in [-0.2, 0) is 22.4 Å². The zero-order valence-corrected chi connectivity index (χ0v) is 21.0. The molecule has 2 aromatic carbocycles. The average molecular weight is 521 g/mol. The summed E-state index contributed by atoms with van der Waals surface area (Å²) in [6.07, 6.45) is 0.152. The molecular formula is C28H32N4O6. The van der Waals surface area contributed by atoms with Gasteiger partial charge in [0, 0.05) is 26.2 Å². The second-order valence-corrected chi connectivity index (χ2v) is 10.2. The van der Waals surface area contributed by atoms with E-state index in [2.05, 4.69) is 10.6 Å². The van der Waals surface area contributed by atoms with Gasteiger partial charge in [-0.25, -0.2) is 9.59 Å². The monoisotopic (exact) mass is 520 g/mol. The van der Waals surface area contributed by atoms with Gasteiger partial charge in [-0.05, 0) is 47.9 Å². The van der Waals surface area contributed by atoms with E-state index in [0.29, 0.717) is 51.9 Å². The summed E-state index contributed by atoms with van der Waals surface area (Å²) in [7, 11) is 0. The number of nitrogens with one attached hydrogen (secondary N) is 2. The minimum Gasteiger partial charge on any atom is -0.465 e. The molecule has 2 aliphatic carbocycles. The van der Waals surface area contributed by atoms with Crippen molar-refractivity contribution in [3.63, 3.8) is 0 Å². The van der Waals surface area contributed by atoms with Gasteiger partial charge in [0.1, 0.15) is 0 Å². The second kappa shape index (κ2) is 10.7. The molecule has 0 radical (unpaired) electrons. The summed E-state index contributed by atoms with van der Waals surface area (Å²) in [5, 5.41) is 24.0. The fourth-order valence-corrected chi connectivity index (χ4v) is 6.29. The Hall–Kier alpha value is -4.08. The lowest BCUT2D eigenvalue weighted by Crippen LogP contribution is -2.55. The molecule has 1 saturated heterocycles. The van der Waals surface area contributed by atoms with Crippen LogP contribution in [0.25, 0.3) is 0 Å². The molecule has 0 spiro atoms. The van der Waals surface area contributed by atoms with E-state index in [1.165, 1.54) is 0 Å². The Kier molecular flexibility index (Phi) is 7.22. The molecule has 200 valence electrons. The highest BCUT2D eigenvalue weighted by Crippen LogP contribution is 2.37. The van der Waals surface area contributed by atoms with Crippen LogP contribution in [0.5, 0.6) is 0 Å². The van der Waals surface area contributed by atoms with E-state index in [4.69, 9.17) is 0 Å². The zero-order chi connectivity index (χ0) is 26.8. The summed E-state index contributed by atoms with van der Waals surface area (Å²) in [5.41, 5.74) is 3.76. The molecule has 1 heterocycles. The molecule has 5 rings (SSSR count). The molecule has 0 unspecified atom stereocenters. The van der Waals surface area contributed by atoms with Gasteiger partial charge >= 0.3 is 12.2 Å². The number of piperazine rings is 1. The van der Waals surface area contributed by atoms with Crippen LogP contribution in [0.4, 0.5) is 9.59 Å².